The molecule has 1 aromatic heterocycles. The van der Waals surface area contributed by atoms with Crippen molar-refractivity contribution in [1.82, 2.24) is 9.55 Å². The maximum absolute atomic E-state index is 5.80. The van der Waals surface area contributed by atoms with Gasteiger partial charge in [-0.2, -0.15) is 0 Å². The van der Waals surface area contributed by atoms with Crippen LogP contribution in [0.25, 0.3) is 11.1 Å². The van der Waals surface area contributed by atoms with E-state index in [0.717, 1.165) is 12.2 Å². The summed E-state index contributed by atoms with van der Waals surface area (Å²) in [6.45, 7) is 2.76. The maximum Gasteiger partial charge on any atom is 0.119 e. The standard InChI is InChI=1S/C19H20N2O/c1-15-3-5-16(6-4-15)17-7-9-19(10-8-17)22-12-11-18-13-20-14-21(18)2/h3-10,13-14H,11-12H2,1-2H3. The van der Waals surface area contributed by atoms with E-state index >= 15 is 0 Å². The average molecular weight is 292 g/mol. The predicted molar refractivity (Wildman–Crippen MR) is 89.0 cm³/mol. The number of hydrogen-bond acceptors (Lipinski definition) is 2. The van der Waals surface area contributed by atoms with Crippen molar-refractivity contribution in [3.8, 4) is 16.9 Å². The normalized spacial score (nSPS) is 10.6. The van der Waals surface area contributed by atoms with Crippen molar-refractivity contribution < 1.29 is 4.74 Å². The number of benzene rings is 2. The molecule has 3 nitrogen and oxygen atoms in total. The third-order valence-electron chi connectivity index (χ3n) is 3.78. The van der Waals surface area contributed by atoms with Crippen LogP contribution in [0, 0.1) is 6.92 Å². The summed E-state index contributed by atoms with van der Waals surface area (Å²) >= 11 is 0. The molecule has 0 unspecified atom stereocenters. The Kier molecular flexibility index (Phi) is 4.24. The van der Waals surface area contributed by atoms with E-state index in [1.54, 1.807) is 0 Å². The summed E-state index contributed by atoms with van der Waals surface area (Å²) in [4.78, 5) is 4.11. The molecule has 112 valence electrons. The van der Waals surface area contributed by atoms with Crippen LogP contribution in [0.1, 0.15) is 11.3 Å². The van der Waals surface area contributed by atoms with Crippen LogP contribution in [-0.4, -0.2) is 16.2 Å². The molecule has 0 aliphatic carbocycles. The lowest BCUT2D eigenvalue weighted by atomic mass is 10.0. The molecule has 0 fully saturated rings. The molecule has 0 aliphatic rings. The third-order valence-corrected chi connectivity index (χ3v) is 3.78. The minimum Gasteiger partial charge on any atom is -0.493 e. The first-order valence-electron chi connectivity index (χ1n) is 7.47. The molecule has 22 heavy (non-hydrogen) atoms. The van der Waals surface area contributed by atoms with Gasteiger partial charge in [-0.25, -0.2) is 4.98 Å². The summed E-state index contributed by atoms with van der Waals surface area (Å²) in [5.41, 5.74) is 4.89. The van der Waals surface area contributed by atoms with E-state index < -0.39 is 0 Å². The number of nitrogens with zero attached hydrogens (tertiary/aromatic N) is 2. The fraction of sp³-hybridized carbons (Fsp3) is 0.211. The van der Waals surface area contributed by atoms with E-state index in [0.29, 0.717) is 6.61 Å². The Morgan fingerprint density at radius 3 is 2.18 bits per heavy atom. The highest BCUT2D eigenvalue weighted by atomic mass is 16.5. The van der Waals surface area contributed by atoms with Crippen molar-refractivity contribution in [1.29, 1.82) is 0 Å². The van der Waals surface area contributed by atoms with Crippen LogP contribution in [0.4, 0.5) is 0 Å². The zero-order valence-corrected chi connectivity index (χ0v) is 13.0. The minimum atomic E-state index is 0.656. The minimum absolute atomic E-state index is 0.656. The second-order valence-corrected chi connectivity index (χ2v) is 5.48. The molecule has 0 aliphatic heterocycles. The topological polar surface area (TPSA) is 27.1 Å². The van der Waals surface area contributed by atoms with Gasteiger partial charge in [-0.15, -0.1) is 0 Å². The van der Waals surface area contributed by atoms with Gasteiger partial charge in [0.2, 0.25) is 0 Å². The van der Waals surface area contributed by atoms with Gasteiger partial charge in [0.05, 0.1) is 12.9 Å². The zero-order chi connectivity index (χ0) is 15.4. The lowest BCUT2D eigenvalue weighted by Crippen LogP contribution is -2.04. The van der Waals surface area contributed by atoms with Crippen LogP contribution in [0.3, 0.4) is 0 Å². The molecule has 3 heteroatoms. The monoisotopic (exact) mass is 292 g/mol. The molecule has 3 aromatic rings. The van der Waals surface area contributed by atoms with Crippen LogP contribution in [0.2, 0.25) is 0 Å². The van der Waals surface area contributed by atoms with Crippen LogP contribution in [-0.2, 0) is 13.5 Å². The summed E-state index contributed by atoms with van der Waals surface area (Å²) in [5, 5.41) is 0. The molecule has 2 aromatic carbocycles. The van der Waals surface area contributed by atoms with E-state index in [1.807, 2.05) is 36.3 Å². The number of hydrogen-bond donors (Lipinski definition) is 0. The van der Waals surface area contributed by atoms with E-state index in [1.165, 1.54) is 22.4 Å². The Morgan fingerprint density at radius 2 is 1.59 bits per heavy atom. The molecule has 0 amide bonds. The van der Waals surface area contributed by atoms with Crippen LogP contribution in [0.15, 0.2) is 61.1 Å². The van der Waals surface area contributed by atoms with Gasteiger partial charge in [0.15, 0.2) is 0 Å². The Balaban J connectivity index is 1.59. The van der Waals surface area contributed by atoms with Gasteiger partial charge in [0.25, 0.3) is 0 Å². The fourth-order valence-electron chi connectivity index (χ4n) is 2.39. The van der Waals surface area contributed by atoms with Crippen LogP contribution < -0.4 is 4.74 Å². The third kappa shape index (κ3) is 3.37. The lowest BCUT2D eigenvalue weighted by molar-refractivity contribution is 0.319. The molecular formula is C19H20N2O. The summed E-state index contributed by atoms with van der Waals surface area (Å²) in [7, 11) is 2.00. The van der Waals surface area contributed by atoms with Crippen molar-refractivity contribution in [3.05, 3.63) is 72.3 Å². The smallest absolute Gasteiger partial charge is 0.119 e. The molecule has 0 saturated carbocycles. The second kappa shape index (κ2) is 6.48. The van der Waals surface area contributed by atoms with Crippen molar-refractivity contribution in [2.24, 2.45) is 7.05 Å². The van der Waals surface area contributed by atoms with Gasteiger partial charge in [-0.05, 0) is 30.2 Å². The second-order valence-electron chi connectivity index (χ2n) is 5.48. The number of ether oxygens (including phenoxy) is 1. The van der Waals surface area contributed by atoms with E-state index in [9.17, 15) is 0 Å². The predicted octanol–water partition coefficient (Wildman–Crippen LogP) is 4.02. The SMILES string of the molecule is Cc1ccc(-c2ccc(OCCc3cncn3C)cc2)cc1. The molecule has 0 radical (unpaired) electrons. The molecule has 0 atom stereocenters. The van der Waals surface area contributed by atoms with Crippen molar-refractivity contribution in [2.45, 2.75) is 13.3 Å². The number of rotatable bonds is 5. The first-order chi connectivity index (χ1) is 10.7. The summed E-state index contributed by atoms with van der Waals surface area (Å²) in [6.07, 6.45) is 4.55. The molecule has 0 bridgehead atoms. The number of aryl methyl sites for hydroxylation is 2. The Hall–Kier alpha value is -2.55. The van der Waals surface area contributed by atoms with Gasteiger partial charge in [-0.1, -0.05) is 42.0 Å². The highest BCUT2D eigenvalue weighted by Gasteiger charge is 2.01. The molecule has 0 saturated heterocycles. The summed E-state index contributed by atoms with van der Waals surface area (Å²) in [6, 6.07) is 16.8. The first kappa shape index (κ1) is 14.4. The van der Waals surface area contributed by atoms with Gasteiger partial charge < -0.3 is 9.30 Å². The van der Waals surface area contributed by atoms with Gasteiger partial charge >= 0.3 is 0 Å². The van der Waals surface area contributed by atoms with Crippen molar-refractivity contribution in [3.63, 3.8) is 0 Å². The van der Waals surface area contributed by atoms with Crippen LogP contribution in [0.5, 0.6) is 5.75 Å². The fourth-order valence-corrected chi connectivity index (χ4v) is 2.39. The summed E-state index contributed by atoms with van der Waals surface area (Å²) in [5.74, 6) is 0.901. The van der Waals surface area contributed by atoms with Crippen molar-refractivity contribution in [2.75, 3.05) is 6.61 Å². The van der Waals surface area contributed by atoms with Gasteiger partial charge in [0, 0.05) is 25.4 Å². The van der Waals surface area contributed by atoms with E-state index in [2.05, 4.69) is 48.3 Å². The quantitative estimate of drug-likeness (QED) is 0.710. The number of aromatic nitrogens is 2. The van der Waals surface area contributed by atoms with Crippen molar-refractivity contribution >= 4 is 0 Å². The molecule has 0 N–H and O–H groups in total. The Morgan fingerprint density at radius 1 is 0.955 bits per heavy atom. The maximum atomic E-state index is 5.80. The zero-order valence-electron chi connectivity index (χ0n) is 13.0. The largest absolute Gasteiger partial charge is 0.493 e. The van der Waals surface area contributed by atoms with Crippen LogP contribution >= 0.6 is 0 Å². The average Bonchev–Trinajstić information content (AvgIpc) is 2.94. The molecule has 1 heterocycles. The molecule has 3 rings (SSSR count). The molecule has 0 spiro atoms. The van der Waals surface area contributed by atoms with E-state index in [4.69, 9.17) is 4.74 Å². The Bertz CT molecular complexity index is 727. The van der Waals surface area contributed by atoms with Gasteiger partial charge in [0.1, 0.15) is 5.75 Å². The van der Waals surface area contributed by atoms with Gasteiger partial charge in [-0.3, -0.25) is 0 Å². The van der Waals surface area contributed by atoms with E-state index in [-0.39, 0.29) is 0 Å². The Labute approximate surface area is 131 Å². The molecular weight excluding hydrogens is 272 g/mol. The number of imidazole rings is 1. The lowest BCUT2D eigenvalue weighted by Gasteiger charge is -2.08. The highest BCUT2D eigenvalue weighted by molar-refractivity contribution is 5.64. The first-order valence-corrected chi connectivity index (χ1v) is 7.47. The highest BCUT2D eigenvalue weighted by Crippen LogP contribution is 2.22. The summed E-state index contributed by atoms with van der Waals surface area (Å²) < 4.78 is 7.82.